The summed E-state index contributed by atoms with van der Waals surface area (Å²) in [6.45, 7) is 3.52. The van der Waals surface area contributed by atoms with E-state index in [1.807, 2.05) is 6.92 Å². The van der Waals surface area contributed by atoms with Crippen LogP contribution in [0.4, 0.5) is 0 Å². The van der Waals surface area contributed by atoms with Crippen molar-refractivity contribution in [1.82, 2.24) is 19.1 Å². The summed E-state index contributed by atoms with van der Waals surface area (Å²) in [5.41, 5.74) is 7.14. The molecule has 128 valence electrons. The van der Waals surface area contributed by atoms with Crippen LogP contribution in [-0.4, -0.2) is 47.1 Å². The third kappa shape index (κ3) is 3.21. The fraction of sp³-hybridized carbons (Fsp3) is 0.571. The van der Waals surface area contributed by atoms with Gasteiger partial charge in [-0.25, -0.2) is 13.4 Å². The first-order valence-electron chi connectivity index (χ1n) is 7.43. The largest absolute Gasteiger partial charge is 0.330 e. The molecule has 0 aromatic carbocycles. The lowest BCUT2D eigenvalue weighted by molar-refractivity contribution is 0.278. The first kappa shape index (κ1) is 18.1. The van der Waals surface area contributed by atoms with Gasteiger partial charge in [-0.2, -0.15) is 9.40 Å². The van der Waals surface area contributed by atoms with E-state index in [2.05, 4.69) is 10.1 Å². The van der Waals surface area contributed by atoms with Crippen LogP contribution in [0.2, 0.25) is 0 Å². The standard InChI is InChI=1S/C14H21N5O2S.ClH/c1-10-13-7-12(9-16-14(13)18(2)17-10)22(20,21)19-5-3-11(8-15)4-6-19;/h7,9,11H,3-6,8,15H2,1-2H3;1H. The average molecular weight is 360 g/mol. The van der Waals surface area contributed by atoms with Crippen LogP contribution in [0.1, 0.15) is 18.5 Å². The van der Waals surface area contributed by atoms with Gasteiger partial charge in [0, 0.05) is 31.7 Å². The van der Waals surface area contributed by atoms with Crippen LogP contribution in [0.25, 0.3) is 11.0 Å². The summed E-state index contributed by atoms with van der Waals surface area (Å²) in [4.78, 5) is 4.51. The quantitative estimate of drug-likeness (QED) is 0.884. The third-order valence-corrected chi connectivity index (χ3v) is 6.25. The Morgan fingerprint density at radius 3 is 2.61 bits per heavy atom. The van der Waals surface area contributed by atoms with Crippen molar-refractivity contribution in [3.05, 3.63) is 18.0 Å². The summed E-state index contributed by atoms with van der Waals surface area (Å²) in [6, 6.07) is 1.68. The number of hydrogen-bond acceptors (Lipinski definition) is 5. The van der Waals surface area contributed by atoms with Crippen LogP contribution in [0.15, 0.2) is 17.2 Å². The molecule has 0 bridgehead atoms. The van der Waals surface area contributed by atoms with E-state index in [9.17, 15) is 8.42 Å². The molecule has 1 aliphatic heterocycles. The Morgan fingerprint density at radius 1 is 1.35 bits per heavy atom. The minimum Gasteiger partial charge on any atom is -0.330 e. The van der Waals surface area contributed by atoms with Crippen LogP contribution in [-0.2, 0) is 17.1 Å². The second-order valence-corrected chi connectivity index (χ2v) is 7.77. The van der Waals surface area contributed by atoms with E-state index < -0.39 is 10.0 Å². The number of nitrogens with two attached hydrogens (primary N) is 1. The van der Waals surface area contributed by atoms with Gasteiger partial charge < -0.3 is 5.73 Å². The molecular formula is C14H22ClN5O2S. The minimum absolute atomic E-state index is 0. The molecular weight excluding hydrogens is 338 g/mol. The normalized spacial score (nSPS) is 17.3. The van der Waals surface area contributed by atoms with Gasteiger partial charge in [0.25, 0.3) is 0 Å². The topological polar surface area (TPSA) is 94.1 Å². The number of rotatable bonds is 3. The Morgan fingerprint density at radius 2 is 2.00 bits per heavy atom. The predicted molar refractivity (Wildman–Crippen MR) is 91.0 cm³/mol. The summed E-state index contributed by atoms with van der Waals surface area (Å²) < 4.78 is 28.7. The second-order valence-electron chi connectivity index (χ2n) is 5.83. The lowest BCUT2D eigenvalue weighted by atomic mass is 9.99. The summed E-state index contributed by atoms with van der Waals surface area (Å²) in [6.07, 6.45) is 3.06. The van der Waals surface area contributed by atoms with E-state index in [1.54, 1.807) is 17.8 Å². The molecule has 3 rings (SSSR count). The van der Waals surface area contributed by atoms with E-state index in [1.165, 1.54) is 10.5 Å². The smallest absolute Gasteiger partial charge is 0.244 e. The number of aryl methyl sites for hydroxylation is 2. The van der Waals surface area contributed by atoms with Crippen LogP contribution in [0, 0.1) is 12.8 Å². The molecule has 7 nitrogen and oxygen atoms in total. The molecule has 0 atom stereocenters. The van der Waals surface area contributed by atoms with E-state index in [0.717, 1.165) is 23.9 Å². The number of nitrogens with zero attached hydrogens (tertiary/aromatic N) is 4. The molecule has 1 fully saturated rings. The number of hydrogen-bond donors (Lipinski definition) is 1. The summed E-state index contributed by atoms with van der Waals surface area (Å²) in [7, 11) is -1.70. The second kappa shape index (κ2) is 6.72. The van der Waals surface area contributed by atoms with Crippen molar-refractivity contribution < 1.29 is 8.42 Å². The maximum Gasteiger partial charge on any atom is 0.244 e. The molecule has 0 amide bonds. The van der Waals surface area contributed by atoms with Crippen molar-refractivity contribution in [2.24, 2.45) is 18.7 Å². The monoisotopic (exact) mass is 359 g/mol. The summed E-state index contributed by atoms with van der Waals surface area (Å²) in [5, 5.41) is 5.06. The average Bonchev–Trinajstić information content (AvgIpc) is 2.81. The van der Waals surface area contributed by atoms with Crippen molar-refractivity contribution in [1.29, 1.82) is 0 Å². The molecule has 0 saturated carbocycles. The molecule has 0 radical (unpaired) electrons. The summed E-state index contributed by atoms with van der Waals surface area (Å²) in [5.74, 6) is 0.424. The Bertz CT molecular complexity index is 797. The molecule has 2 aromatic heterocycles. The van der Waals surface area contributed by atoms with Crippen LogP contribution in [0.5, 0.6) is 0 Å². The maximum atomic E-state index is 12.8. The fourth-order valence-corrected chi connectivity index (χ4v) is 4.41. The molecule has 0 spiro atoms. The highest BCUT2D eigenvalue weighted by atomic mass is 35.5. The van der Waals surface area contributed by atoms with Gasteiger partial charge in [0.2, 0.25) is 10.0 Å². The molecule has 23 heavy (non-hydrogen) atoms. The van der Waals surface area contributed by atoms with Gasteiger partial charge in [-0.15, -0.1) is 12.4 Å². The van der Waals surface area contributed by atoms with Crippen LogP contribution < -0.4 is 5.73 Å². The molecule has 9 heteroatoms. The lowest BCUT2D eigenvalue weighted by Crippen LogP contribution is -2.40. The van der Waals surface area contributed by atoms with Crippen molar-refractivity contribution in [3.63, 3.8) is 0 Å². The molecule has 2 aromatic rings. The highest BCUT2D eigenvalue weighted by molar-refractivity contribution is 7.89. The first-order chi connectivity index (χ1) is 10.4. The number of aromatic nitrogens is 3. The van der Waals surface area contributed by atoms with Crippen LogP contribution in [0.3, 0.4) is 0 Å². The van der Waals surface area contributed by atoms with Gasteiger partial charge in [0.15, 0.2) is 5.65 Å². The van der Waals surface area contributed by atoms with E-state index >= 15 is 0 Å². The minimum atomic E-state index is -3.50. The van der Waals surface area contributed by atoms with Gasteiger partial charge in [-0.05, 0) is 38.3 Å². The Labute approximate surface area is 142 Å². The van der Waals surface area contributed by atoms with Crippen molar-refractivity contribution >= 4 is 33.5 Å². The molecule has 1 saturated heterocycles. The van der Waals surface area contributed by atoms with Crippen molar-refractivity contribution in [3.8, 4) is 0 Å². The number of sulfonamides is 1. The van der Waals surface area contributed by atoms with Gasteiger partial charge in [0.05, 0.1) is 5.69 Å². The highest BCUT2D eigenvalue weighted by Crippen LogP contribution is 2.25. The molecule has 0 aliphatic carbocycles. The zero-order valence-corrected chi connectivity index (χ0v) is 14.9. The van der Waals surface area contributed by atoms with Gasteiger partial charge in [0.1, 0.15) is 4.90 Å². The maximum absolute atomic E-state index is 12.8. The Kier molecular flexibility index (Phi) is 5.30. The fourth-order valence-electron chi connectivity index (χ4n) is 2.96. The van der Waals surface area contributed by atoms with Crippen molar-refractivity contribution in [2.45, 2.75) is 24.7 Å². The number of pyridine rings is 1. The number of halogens is 1. The Hall–Kier alpha value is -1.22. The molecule has 0 unspecified atom stereocenters. The van der Waals surface area contributed by atoms with Crippen LogP contribution >= 0.6 is 12.4 Å². The Balaban J connectivity index is 0.00000192. The first-order valence-corrected chi connectivity index (χ1v) is 8.87. The van der Waals surface area contributed by atoms with Gasteiger partial charge in [-0.3, -0.25) is 4.68 Å². The molecule has 2 N–H and O–H groups in total. The van der Waals surface area contributed by atoms with Gasteiger partial charge in [-0.1, -0.05) is 0 Å². The predicted octanol–water partition coefficient (Wildman–Crippen LogP) is 1.06. The number of piperidine rings is 1. The highest BCUT2D eigenvalue weighted by Gasteiger charge is 2.29. The SMILES string of the molecule is Cc1nn(C)c2ncc(S(=O)(=O)N3CCC(CN)CC3)cc12.Cl. The summed E-state index contributed by atoms with van der Waals surface area (Å²) >= 11 is 0. The molecule has 3 heterocycles. The lowest BCUT2D eigenvalue weighted by Gasteiger charge is -2.30. The zero-order valence-electron chi connectivity index (χ0n) is 13.3. The van der Waals surface area contributed by atoms with E-state index in [-0.39, 0.29) is 17.3 Å². The zero-order chi connectivity index (χ0) is 15.9. The van der Waals surface area contributed by atoms with Gasteiger partial charge >= 0.3 is 0 Å². The molecule has 1 aliphatic rings. The van der Waals surface area contributed by atoms with Crippen molar-refractivity contribution in [2.75, 3.05) is 19.6 Å². The third-order valence-electron chi connectivity index (χ3n) is 4.38. The van der Waals surface area contributed by atoms with E-state index in [0.29, 0.717) is 31.2 Å². The van der Waals surface area contributed by atoms with E-state index in [4.69, 9.17) is 5.73 Å². The number of fused-ring (bicyclic) bond motifs is 1.